The van der Waals surface area contributed by atoms with Gasteiger partial charge in [0.05, 0.1) is 11.4 Å². The number of hydrogen-bond donors (Lipinski definition) is 2. The molecule has 0 aliphatic carbocycles. The number of hydrogen-bond acceptors (Lipinski definition) is 3. The maximum atomic E-state index is 13.6. The SMILES string of the molecule is Cc1cnc(Nc2cc(F)c(C)cc2F)c(N)c1. The molecular weight excluding hydrogens is 236 g/mol. The standard InChI is InChI=1S/C13H13F2N3/c1-7-3-11(16)13(17-6-7)18-12-5-9(14)8(2)4-10(12)15/h3-6H,16H2,1-2H3,(H,17,18). The van der Waals surface area contributed by atoms with Gasteiger partial charge in [0.25, 0.3) is 0 Å². The molecule has 3 N–H and O–H groups in total. The molecule has 0 amide bonds. The fraction of sp³-hybridized carbons (Fsp3) is 0.154. The lowest BCUT2D eigenvalue weighted by Gasteiger charge is -2.10. The van der Waals surface area contributed by atoms with Crippen LogP contribution in [0.15, 0.2) is 24.4 Å². The Hall–Kier alpha value is -2.17. The van der Waals surface area contributed by atoms with Gasteiger partial charge in [-0.1, -0.05) is 0 Å². The number of nitrogen functional groups attached to an aromatic ring is 1. The van der Waals surface area contributed by atoms with Crippen molar-refractivity contribution in [3.05, 3.63) is 47.2 Å². The molecule has 1 aromatic heterocycles. The molecule has 0 radical (unpaired) electrons. The van der Waals surface area contributed by atoms with E-state index in [1.165, 1.54) is 6.92 Å². The summed E-state index contributed by atoms with van der Waals surface area (Å²) in [5, 5.41) is 2.68. The minimum atomic E-state index is -0.546. The summed E-state index contributed by atoms with van der Waals surface area (Å²) < 4.78 is 27.0. The highest BCUT2D eigenvalue weighted by molar-refractivity contribution is 5.69. The number of nitrogens with zero attached hydrogens (tertiary/aromatic N) is 1. The normalized spacial score (nSPS) is 10.4. The van der Waals surface area contributed by atoms with Crippen LogP contribution in [0.2, 0.25) is 0 Å². The van der Waals surface area contributed by atoms with Gasteiger partial charge in [-0.05, 0) is 37.1 Å². The van der Waals surface area contributed by atoms with Gasteiger partial charge in [-0.25, -0.2) is 13.8 Å². The number of rotatable bonds is 2. The molecule has 2 rings (SSSR count). The summed E-state index contributed by atoms with van der Waals surface area (Å²) in [5.74, 6) is -0.719. The molecule has 2 aromatic rings. The first kappa shape index (κ1) is 12.3. The third kappa shape index (κ3) is 2.40. The Morgan fingerprint density at radius 2 is 1.83 bits per heavy atom. The van der Waals surface area contributed by atoms with Crippen molar-refractivity contribution in [1.29, 1.82) is 0 Å². The van der Waals surface area contributed by atoms with Gasteiger partial charge in [0.2, 0.25) is 0 Å². The van der Waals surface area contributed by atoms with E-state index in [-0.39, 0.29) is 11.3 Å². The van der Waals surface area contributed by atoms with E-state index in [4.69, 9.17) is 5.73 Å². The summed E-state index contributed by atoms with van der Waals surface area (Å²) in [7, 11) is 0. The van der Waals surface area contributed by atoms with Crippen molar-refractivity contribution in [1.82, 2.24) is 4.98 Å². The molecule has 1 heterocycles. The highest BCUT2D eigenvalue weighted by Gasteiger charge is 2.09. The number of aromatic nitrogens is 1. The summed E-state index contributed by atoms with van der Waals surface area (Å²) in [6.45, 7) is 3.35. The molecule has 0 aliphatic rings. The molecule has 5 heteroatoms. The van der Waals surface area contributed by atoms with Crippen molar-refractivity contribution < 1.29 is 8.78 Å². The maximum Gasteiger partial charge on any atom is 0.153 e. The van der Waals surface area contributed by atoms with E-state index in [1.54, 1.807) is 12.3 Å². The Morgan fingerprint density at radius 1 is 1.11 bits per heavy atom. The van der Waals surface area contributed by atoms with E-state index in [0.29, 0.717) is 11.5 Å². The predicted octanol–water partition coefficient (Wildman–Crippen LogP) is 3.30. The monoisotopic (exact) mass is 249 g/mol. The zero-order valence-corrected chi connectivity index (χ0v) is 10.1. The van der Waals surface area contributed by atoms with Crippen LogP contribution >= 0.6 is 0 Å². The van der Waals surface area contributed by atoms with E-state index in [2.05, 4.69) is 10.3 Å². The third-order valence-corrected chi connectivity index (χ3v) is 2.56. The van der Waals surface area contributed by atoms with E-state index >= 15 is 0 Å². The first-order valence-electron chi connectivity index (χ1n) is 5.42. The van der Waals surface area contributed by atoms with E-state index in [0.717, 1.165) is 17.7 Å². The zero-order valence-electron chi connectivity index (χ0n) is 10.1. The second kappa shape index (κ2) is 4.60. The number of aryl methyl sites for hydroxylation is 2. The maximum absolute atomic E-state index is 13.6. The Bertz CT molecular complexity index is 597. The van der Waals surface area contributed by atoms with Crippen LogP contribution in [0.4, 0.5) is 26.0 Å². The average molecular weight is 249 g/mol. The van der Waals surface area contributed by atoms with Gasteiger partial charge < -0.3 is 11.1 Å². The summed E-state index contributed by atoms with van der Waals surface area (Å²) in [6, 6.07) is 3.92. The molecule has 0 bridgehead atoms. The summed E-state index contributed by atoms with van der Waals surface area (Å²) >= 11 is 0. The summed E-state index contributed by atoms with van der Waals surface area (Å²) in [4.78, 5) is 4.04. The Balaban J connectivity index is 2.37. The van der Waals surface area contributed by atoms with Gasteiger partial charge >= 0.3 is 0 Å². The minimum Gasteiger partial charge on any atom is -0.396 e. The molecule has 0 saturated carbocycles. The molecule has 0 aliphatic heterocycles. The molecular formula is C13H13F2N3. The molecule has 0 fully saturated rings. The lowest BCUT2D eigenvalue weighted by atomic mass is 10.2. The number of nitrogens with one attached hydrogen (secondary N) is 1. The Kier molecular flexibility index (Phi) is 3.14. The molecule has 1 aromatic carbocycles. The lowest BCUT2D eigenvalue weighted by molar-refractivity contribution is 0.595. The molecule has 0 atom stereocenters. The fourth-order valence-electron chi connectivity index (χ4n) is 1.57. The molecule has 18 heavy (non-hydrogen) atoms. The number of benzene rings is 1. The van der Waals surface area contributed by atoms with Crippen LogP contribution < -0.4 is 11.1 Å². The minimum absolute atomic E-state index is 0.0150. The van der Waals surface area contributed by atoms with Crippen molar-refractivity contribution in [3.8, 4) is 0 Å². The van der Waals surface area contributed by atoms with Crippen LogP contribution in [-0.2, 0) is 0 Å². The quantitative estimate of drug-likeness (QED) is 0.858. The average Bonchev–Trinajstić information content (AvgIpc) is 2.29. The number of halogens is 2. The van der Waals surface area contributed by atoms with Gasteiger partial charge in [-0.15, -0.1) is 0 Å². The summed E-state index contributed by atoms with van der Waals surface area (Å²) in [5.41, 5.74) is 7.30. The van der Waals surface area contributed by atoms with Gasteiger partial charge in [-0.2, -0.15) is 0 Å². The van der Waals surface area contributed by atoms with Crippen molar-refractivity contribution in [2.75, 3.05) is 11.1 Å². The fourth-order valence-corrected chi connectivity index (χ4v) is 1.57. The number of anilines is 3. The number of nitrogens with two attached hydrogens (primary N) is 1. The van der Waals surface area contributed by atoms with Crippen LogP contribution in [0.3, 0.4) is 0 Å². The Morgan fingerprint density at radius 3 is 2.50 bits per heavy atom. The number of pyridine rings is 1. The van der Waals surface area contributed by atoms with Crippen molar-refractivity contribution in [3.63, 3.8) is 0 Å². The van der Waals surface area contributed by atoms with E-state index in [9.17, 15) is 8.78 Å². The smallest absolute Gasteiger partial charge is 0.153 e. The topological polar surface area (TPSA) is 50.9 Å². The van der Waals surface area contributed by atoms with E-state index < -0.39 is 11.6 Å². The van der Waals surface area contributed by atoms with Gasteiger partial charge in [-0.3, -0.25) is 0 Å². The first-order chi connectivity index (χ1) is 8.47. The van der Waals surface area contributed by atoms with Crippen LogP contribution in [0.1, 0.15) is 11.1 Å². The molecule has 94 valence electrons. The predicted molar refractivity (Wildman–Crippen MR) is 67.8 cm³/mol. The van der Waals surface area contributed by atoms with Crippen LogP contribution in [0, 0.1) is 25.5 Å². The van der Waals surface area contributed by atoms with Crippen molar-refractivity contribution in [2.24, 2.45) is 0 Å². The molecule has 0 spiro atoms. The van der Waals surface area contributed by atoms with E-state index in [1.807, 2.05) is 6.92 Å². The zero-order chi connectivity index (χ0) is 13.3. The Labute approximate surface area is 104 Å². The molecule has 0 saturated heterocycles. The second-order valence-corrected chi connectivity index (χ2v) is 4.16. The highest BCUT2D eigenvalue weighted by atomic mass is 19.1. The lowest BCUT2D eigenvalue weighted by Crippen LogP contribution is -2.02. The second-order valence-electron chi connectivity index (χ2n) is 4.16. The van der Waals surface area contributed by atoms with Gasteiger partial charge in [0, 0.05) is 12.3 Å². The van der Waals surface area contributed by atoms with Gasteiger partial charge in [0.1, 0.15) is 11.6 Å². The summed E-state index contributed by atoms with van der Waals surface area (Å²) in [6.07, 6.45) is 1.60. The van der Waals surface area contributed by atoms with Gasteiger partial charge in [0.15, 0.2) is 5.82 Å². The van der Waals surface area contributed by atoms with Crippen LogP contribution in [0.5, 0.6) is 0 Å². The van der Waals surface area contributed by atoms with Crippen molar-refractivity contribution >= 4 is 17.2 Å². The van der Waals surface area contributed by atoms with Crippen LogP contribution in [-0.4, -0.2) is 4.98 Å². The highest BCUT2D eigenvalue weighted by Crippen LogP contribution is 2.25. The first-order valence-corrected chi connectivity index (χ1v) is 5.42. The molecule has 0 unspecified atom stereocenters. The molecule has 3 nitrogen and oxygen atoms in total. The third-order valence-electron chi connectivity index (χ3n) is 2.56. The van der Waals surface area contributed by atoms with Crippen LogP contribution in [0.25, 0.3) is 0 Å². The van der Waals surface area contributed by atoms with Crippen molar-refractivity contribution in [2.45, 2.75) is 13.8 Å². The largest absolute Gasteiger partial charge is 0.396 e.